The van der Waals surface area contributed by atoms with E-state index in [1.807, 2.05) is 13.8 Å². The van der Waals surface area contributed by atoms with Crippen molar-refractivity contribution in [3.8, 4) is 0 Å². The van der Waals surface area contributed by atoms with E-state index in [-0.39, 0.29) is 11.8 Å². The average Bonchev–Trinajstić information content (AvgIpc) is 2.77. The van der Waals surface area contributed by atoms with E-state index in [2.05, 4.69) is 6.07 Å². The molecule has 1 fully saturated rings. The van der Waals surface area contributed by atoms with Gasteiger partial charge in [-0.15, -0.1) is 11.3 Å². The molecule has 0 atom stereocenters. The van der Waals surface area contributed by atoms with Crippen molar-refractivity contribution >= 4 is 17.2 Å². The van der Waals surface area contributed by atoms with Crippen LogP contribution in [0, 0.1) is 5.92 Å². The summed E-state index contributed by atoms with van der Waals surface area (Å²) in [4.78, 5) is 16.4. The van der Waals surface area contributed by atoms with Gasteiger partial charge in [0, 0.05) is 4.88 Å². The highest BCUT2D eigenvalue weighted by Gasteiger charge is 2.46. The number of thiophene rings is 1. The number of rotatable bonds is 2. The fraction of sp³-hybridized carbons (Fsp3) is 0.667. The van der Waals surface area contributed by atoms with Crippen LogP contribution in [-0.2, 0) is 12.8 Å². The molecule has 0 saturated carbocycles. The first kappa shape index (κ1) is 13.1. The molecule has 19 heavy (non-hydrogen) atoms. The predicted molar refractivity (Wildman–Crippen MR) is 76.7 cm³/mol. The molecule has 2 heterocycles. The summed E-state index contributed by atoms with van der Waals surface area (Å²) in [6.45, 7) is 4.97. The van der Waals surface area contributed by atoms with Gasteiger partial charge in [-0.05, 0) is 43.2 Å². The summed E-state index contributed by atoms with van der Waals surface area (Å²) in [5.74, 6) is 0.304. The Bertz CT molecular complexity index is 477. The van der Waals surface area contributed by atoms with Crippen LogP contribution in [0.15, 0.2) is 6.07 Å². The maximum Gasteiger partial charge on any atom is 0.264 e. The van der Waals surface area contributed by atoms with E-state index in [9.17, 15) is 9.90 Å². The molecule has 1 aliphatic heterocycles. The third kappa shape index (κ3) is 2.21. The zero-order chi connectivity index (χ0) is 13.6. The lowest BCUT2D eigenvalue weighted by molar-refractivity contribution is -0.110. The number of carbonyl (C=O) groups is 1. The zero-order valence-electron chi connectivity index (χ0n) is 11.6. The van der Waals surface area contributed by atoms with Crippen LogP contribution in [0.25, 0.3) is 0 Å². The van der Waals surface area contributed by atoms with E-state index >= 15 is 0 Å². The topological polar surface area (TPSA) is 40.5 Å². The van der Waals surface area contributed by atoms with Gasteiger partial charge >= 0.3 is 0 Å². The molecule has 0 radical (unpaired) electrons. The molecule has 2 aliphatic rings. The Morgan fingerprint density at radius 3 is 2.68 bits per heavy atom. The number of aliphatic hydroxyl groups is 1. The molecular weight excluding hydrogens is 258 g/mol. The molecule has 0 unspecified atom stereocenters. The fourth-order valence-electron chi connectivity index (χ4n) is 2.88. The summed E-state index contributed by atoms with van der Waals surface area (Å²) in [7, 11) is 0. The molecular formula is C15H21NO2S. The molecule has 0 spiro atoms. The second kappa shape index (κ2) is 4.60. The molecule has 4 heteroatoms. The lowest BCUT2D eigenvalue weighted by Crippen LogP contribution is -2.65. The first-order valence-corrected chi connectivity index (χ1v) is 7.94. The van der Waals surface area contributed by atoms with Crippen LogP contribution in [0.3, 0.4) is 0 Å². The van der Waals surface area contributed by atoms with E-state index in [4.69, 9.17) is 0 Å². The molecule has 1 saturated heterocycles. The van der Waals surface area contributed by atoms with Gasteiger partial charge in [0.25, 0.3) is 5.91 Å². The quantitative estimate of drug-likeness (QED) is 0.903. The summed E-state index contributed by atoms with van der Waals surface area (Å²) < 4.78 is 0. The molecule has 3 rings (SSSR count). The summed E-state index contributed by atoms with van der Waals surface area (Å²) in [5.41, 5.74) is 0.700. The van der Waals surface area contributed by atoms with Gasteiger partial charge in [0.1, 0.15) is 5.60 Å². The van der Waals surface area contributed by atoms with Crippen LogP contribution in [-0.4, -0.2) is 34.6 Å². The number of likely N-dealkylation sites (tertiary alicyclic amines) is 1. The number of hydrogen-bond acceptors (Lipinski definition) is 3. The monoisotopic (exact) mass is 279 g/mol. The van der Waals surface area contributed by atoms with E-state index in [1.54, 1.807) is 16.2 Å². The van der Waals surface area contributed by atoms with Crippen molar-refractivity contribution in [3.05, 3.63) is 21.4 Å². The SMILES string of the molecule is CC(C)C1(O)CN(C(=O)c2cc3c(s2)CCCC3)C1. The Balaban J connectivity index is 1.70. The number of amides is 1. The molecule has 1 aliphatic carbocycles. The molecule has 1 N–H and O–H groups in total. The average molecular weight is 279 g/mol. The first-order valence-electron chi connectivity index (χ1n) is 7.13. The van der Waals surface area contributed by atoms with E-state index in [0.29, 0.717) is 13.1 Å². The molecule has 0 aromatic carbocycles. The Hall–Kier alpha value is -0.870. The summed E-state index contributed by atoms with van der Waals surface area (Å²) >= 11 is 1.66. The van der Waals surface area contributed by atoms with E-state index in [0.717, 1.165) is 17.7 Å². The minimum absolute atomic E-state index is 0.102. The van der Waals surface area contributed by atoms with Crippen LogP contribution < -0.4 is 0 Å². The van der Waals surface area contributed by atoms with Crippen molar-refractivity contribution in [3.63, 3.8) is 0 Å². The minimum atomic E-state index is -0.674. The molecule has 1 aromatic rings. The van der Waals surface area contributed by atoms with Crippen LogP contribution in [0.2, 0.25) is 0 Å². The van der Waals surface area contributed by atoms with Crippen molar-refractivity contribution in [1.82, 2.24) is 4.90 Å². The van der Waals surface area contributed by atoms with Crippen molar-refractivity contribution in [2.45, 2.75) is 45.1 Å². The van der Waals surface area contributed by atoms with Gasteiger partial charge in [0.05, 0.1) is 18.0 Å². The van der Waals surface area contributed by atoms with Crippen molar-refractivity contribution < 1.29 is 9.90 Å². The maximum atomic E-state index is 12.4. The molecule has 104 valence electrons. The largest absolute Gasteiger partial charge is 0.386 e. The number of fused-ring (bicyclic) bond motifs is 1. The summed E-state index contributed by atoms with van der Waals surface area (Å²) in [6.07, 6.45) is 4.74. The van der Waals surface area contributed by atoms with Gasteiger partial charge in [-0.1, -0.05) is 13.8 Å². The number of carbonyl (C=O) groups excluding carboxylic acids is 1. The van der Waals surface area contributed by atoms with E-state index < -0.39 is 5.60 Å². The van der Waals surface area contributed by atoms with Gasteiger partial charge in [0.2, 0.25) is 0 Å². The number of hydrogen-bond donors (Lipinski definition) is 1. The second-order valence-corrected chi connectivity index (χ2v) is 7.32. The Morgan fingerprint density at radius 1 is 1.37 bits per heavy atom. The highest BCUT2D eigenvalue weighted by Crippen LogP contribution is 2.34. The molecule has 1 amide bonds. The van der Waals surface area contributed by atoms with E-state index in [1.165, 1.54) is 23.3 Å². The number of nitrogens with zero attached hydrogens (tertiary/aromatic N) is 1. The Kier molecular flexibility index (Phi) is 3.18. The van der Waals surface area contributed by atoms with Crippen molar-refractivity contribution in [1.29, 1.82) is 0 Å². The van der Waals surface area contributed by atoms with Gasteiger partial charge in [-0.2, -0.15) is 0 Å². The predicted octanol–water partition coefficient (Wildman–Crippen LogP) is 2.47. The van der Waals surface area contributed by atoms with Crippen LogP contribution >= 0.6 is 11.3 Å². The number of aryl methyl sites for hydroxylation is 2. The van der Waals surface area contributed by atoms with Gasteiger partial charge in [0.15, 0.2) is 0 Å². The Labute approximate surface area is 118 Å². The maximum absolute atomic E-state index is 12.4. The third-order valence-corrected chi connectivity index (χ3v) is 5.72. The van der Waals surface area contributed by atoms with Crippen molar-refractivity contribution in [2.24, 2.45) is 5.92 Å². The lowest BCUT2D eigenvalue weighted by atomic mass is 9.83. The minimum Gasteiger partial charge on any atom is -0.386 e. The van der Waals surface area contributed by atoms with Crippen LogP contribution in [0.1, 0.15) is 46.8 Å². The van der Waals surface area contributed by atoms with Crippen LogP contribution in [0.5, 0.6) is 0 Å². The van der Waals surface area contributed by atoms with Gasteiger partial charge in [-0.25, -0.2) is 0 Å². The molecule has 3 nitrogen and oxygen atoms in total. The highest BCUT2D eigenvalue weighted by atomic mass is 32.1. The van der Waals surface area contributed by atoms with Crippen LogP contribution in [0.4, 0.5) is 0 Å². The van der Waals surface area contributed by atoms with Gasteiger partial charge < -0.3 is 10.0 Å². The van der Waals surface area contributed by atoms with Gasteiger partial charge in [-0.3, -0.25) is 4.79 Å². The Morgan fingerprint density at radius 2 is 2.05 bits per heavy atom. The summed E-state index contributed by atoms with van der Waals surface area (Å²) in [5, 5.41) is 10.2. The lowest BCUT2D eigenvalue weighted by Gasteiger charge is -2.48. The normalized spacial score (nSPS) is 21.2. The molecule has 1 aromatic heterocycles. The summed E-state index contributed by atoms with van der Waals surface area (Å²) in [6, 6.07) is 2.08. The zero-order valence-corrected chi connectivity index (χ0v) is 12.4. The van der Waals surface area contributed by atoms with Crippen molar-refractivity contribution in [2.75, 3.05) is 13.1 Å². The second-order valence-electron chi connectivity index (χ2n) is 6.19. The molecule has 0 bridgehead atoms. The highest BCUT2D eigenvalue weighted by molar-refractivity contribution is 7.14. The standard InChI is InChI=1S/C15H21NO2S/c1-10(2)15(18)8-16(9-15)14(17)13-7-11-5-3-4-6-12(11)19-13/h7,10,18H,3-6,8-9H2,1-2H3. The smallest absolute Gasteiger partial charge is 0.264 e. The third-order valence-electron chi connectivity index (χ3n) is 4.50. The first-order chi connectivity index (χ1) is 8.99. The number of β-amino-alcohol motifs (C(OH)–C–C–N with tert-alkyl or cyclic N) is 1. The fourth-order valence-corrected chi connectivity index (χ4v) is 4.10.